The highest BCUT2D eigenvalue weighted by atomic mass is 19.1. The molecule has 0 radical (unpaired) electrons. The van der Waals surface area contributed by atoms with Crippen LogP contribution < -0.4 is 16.6 Å². The van der Waals surface area contributed by atoms with E-state index in [4.69, 9.17) is 0 Å². The predicted octanol–water partition coefficient (Wildman–Crippen LogP) is 0.120. The summed E-state index contributed by atoms with van der Waals surface area (Å²) >= 11 is 0. The minimum Gasteiger partial charge on any atom is -0.328 e. The molecule has 1 amide bonds. The summed E-state index contributed by atoms with van der Waals surface area (Å²) in [5, 5.41) is 13.1. The molecular formula is C15H13FN6O5. The van der Waals surface area contributed by atoms with Gasteiger partial charge in [0.25, 0.3) is 5.56 Å². The summed E-state index contributed by atoms with van der Waals surface area (Å²) in [6.07, 6.45) is 1.37. The van der Waals surface area contributed by atoms with E-state index >= 15 is 0 Å². The summed E-state index contributed by atoms with van der Waals surface area (Å²) in [7, 11) is 2.98. The third-order valence-electron chi connectivity index (χ3n) is 3.93. The fraction of sp³-hybridized carbons (Fsp3) is 0.200. The molecule has 2 heterocycles. The number of imidazole rings is 1. The predicted molar refractivity (Wildman–Crippen MR) is 91.9 cm³/mol. The Morgan fingerprint density at radius 3 is 2.70 bits per heavy atom. The molecule has 11 nitrogen and oxygen atoms in total. The van der Waals surface area contributed by atoms with Gasteiger partial charge < -0.3 is 9.88 Å². The van der Waals surface area contributed by atoms with Gasteiger partial charge in [-0.05, 0) is 12.1 Å². The number of rotatable bonds is 4. The number of nitrogens with zero attached hydrogens (tertiary/aromatic N) is 5. The lowest BCUT2D eigenvalue weighted by Gasteiger charge is -2.09. The van der Waals surface area contributed by atoms with E-state index in [0.29, 0.717) is 0 Å². The van der Waals surface area contributed by atoms with E-state index in [2.05, 4.69) is 10.3 Å². The van der Waals surface area contributed by atoms with Gasteiger partial charge in [-0.3, -0.25) is 24.3 Å². The quantitative estimate of drug-likeness (QED) is 0.508. The van der Waals surface area contributed by atoms with Gasteiger partial charge in [0.05, 0.1) is 11.3 Å². The van der Waals surface area contributed by atoms with Crippen molar-refractivity contribution in [2.75, 3.05) is 5.32 Å². The maximum absolute atomic E-state index is 13.4. The summed E-state index contributed by atoms with van der Waals surface area (Å²) in [6, 6.07) is 2.81. The number of anilines is 1. The lowest BCUT2D eigenvalue weighted by Crippen LogP contribution is -2.42. The largest absolute Gasteiger partial charge is 0.332 e. The van der Waals surface area contributed by atoms with Gasteiger partial charge in [0.1, 0.15) is 6.54 Å². The molecule has 3 aromatic rings. The number of nitrogens with one attached hydrogen (secondary N) is 1. The summed E-state index contributed by atoms with van der Waals surface area (Å²) in [4.78, 5) is 50.9. The molecule has 0 unspecified atom stereocenters. The van der Waals surface area contributed by atoms with Crippen molar-refractivity contribution in [3.8, 4) is 0 Å². The molecule has 3 rings (SSSR count). The molecule has 27 heavy (non-hydrogen) atoms. The first-order valence-electron chi connectivity index (χ1n) is 7.55. The number of aryl methyl sites for hydroxylation is 2. The molecule has 1 N–H and O–H groups in total. The Bertz CT molecular complexity index is 1210. The number of carbonyl (C=O) groups excluding carboxylic acids is 1. The molecule has 0 saturated carbocycles. The first-order chi connectivity index (χ1) is 12.7. The third-order valence-corrected chi connectivity index (χ3v) is 3.93. The van der Waals surface area contributed by atoms with Crippen molar-refractivity contribution in [2.24, 2.45) is 14.1 Å². The van der Waals surface area contributed by atoms with Crippen LogP contribution in [0, 0.1) is 15.9 Å². The van der Waals surface area contributed by atoms with Gasteiger partial charge in [-0.1, -0.05) is 0 Å². The van der Waals surface area contributed by atoms with E-state index in [9.17, 15) is 28.9 Å². The van der Waals surface area contributed by atoms with E-state index in [1.165, 1.54) is 17.9 Å². The molecule has 0 aliphatic rings. The van der Waals surface area contributed by atoms with Gasteiger partial charge in [0.2, 0.25) is 11.7 Å². The van der Waals surface area contributed by atoms with Gasteiger partial charge in [-0.25, -0.2) is 14.3 Å². The van der Waals surface area contributed by atoms with E-state index in [-0.39, 0.29) is 16.9 Å². The van der Waals surface area contributed by atoms with Crippen LogP contribution in [0.5, 0.6) is 0 Å². The fourth-order valence-electron chi connectivity index (χ4n) is 2.61. The molecule has 140 valence electrons. The van der Waals surface area contributed by atoms with Crippen molar-refractivity contribution >= 4 is 28.4 Å². The second-order valence-corrected chi connectivity index (χ2v) is 5.73. The monoisotopic (exact) mass is 376 g/mol. The molecule has 0 aliphatic heterocycles. The number of nitro groups is 1. The Morgan fingerprint density at radius 1 is 1.33 bits per heavy atom. The Kier molecular flexibility index (Phi) is 4.31. The number of halogens is 1. The van der Waals surface area contributed by atoms with Crippen LogP contribution in [-0.2, 0) is 25.4 Å². The van der Waals surface area contributed by atoms with Crippen LogP contribution in [0.4, 0.5) is 15.8 Å². The van der Waals surface area contributed by atoms with Crippen LogP contribution in [0.3, 0.4) is 0 Å². The first-order valence-corrected chi connectivity index (χ1v) is 7.55. The molecule has 0 spiro atoms. The molecule has 12 heteroatoms. The van der Waals surface area contributed by atoms with Crippen LogP contribution in [0.15, 0.2) is 34.1 Å². The maximum Gasteiger partial charge on any atom is 0.332 e. The minimum atomic E-state index is -1.05. The second-order valence-electron chi connectivity index (χ2n) is 5.73. The van der Waals surface area contributed by atoms with Crippen LogP contribution in [0.25, 0.3) is 11.2 Å². The Morgan fingerprint density at radius 2 is 2.04 bits per heavy atom. The van der Waals surface area contributed by atoms with Crippen LogP contribution in [0.1, 0.15) is 0 Å². The average Bonchev–Trinajstić information content (AvgIpc) is 3.00. The molecule has 0 bridgehead atoms. The number of nitro benzene ring substituents is 1. The standard InChI is InChI=1S/C15H13FN6O5/c1-19-7-17-13-12(19)14(24)21(15(25)20(13)2)6-11(23)18-8-3-4-9(16)10(5-8)22(26)27/h3-5,7H,6H2,1-2H3,(H,18,23). The van der Waals surface area contributed by atoms with Crippen molar-refractivity contribution in [3.63, 3.8) is 0 Å². The summed E-state index contributed by atoms with van der Waals surface area (Å²) < 4.78 is 16.6. The van der Waals surface area contributed by atoms with Gasteiger partial charge in [-0.15, -0.1) is 0 Å². The van der Waals surface area contributed by atoms with Gasteiger partial charge in [0.15, 0.2) is 11.2 Å². The Hall–Kier alpha value is -3.83. The Labute approximate surface area is 149 Å². The molecule has 0 saturated heterocycles. The number of hydrogen-bond acceptors (Lipinski definition) is 6. The van der Waals surface area contributed by atoms with Crippen LogP contribution in [0.2, 0.25) is 0 Å². The molecule has 0 aliphatic carbocycles. The van der Waals surface area contributed by atoms with E-state index in [1.54, 1.807) is 7.05 Å². The number of amides is 1. The van der Waals surface area contributed by atoms with Gasteiger partial charge in [-0.2, -0.15) is 4.39 Å². The molecule has 2 aromatic heterocycles. The summed E-state index contributed by atoms with van der Waals surface area (Å²) in [5.41, 5.74) is -1.97. The molecule has 0 atom stereocenters. The van der Waals surface area contributed by atoms with E-state index < -0.39 is 40.1 Å². The maximum atomic E-state index is 13.4. The lowest BCUT2D eigenvalue weighted by atomic mass is 10.2. The van der Waals surface area contributed by atoms with Gasteiger partial charge in [0, 0.05) is 25.8 Å². The summed E-state index contributed by atoms with van der Waals surface area (Å²) in [6.45, 7) is -0.627. The smallest absolute Gasteiger partial charge is 0.328 e. The zero-order valence-electron chi connectivity index (χ0n) is 14.2. The van der Waals surface area contributed by atoms with Crippen molar-refractivity contribution in [3.05, 3.63) is 61.3 Å². The number of fused-ring (bicyclic) bond motifs is 1. The van der Waals surface area contributed by atoms with E-state index in [0.717, 1.165) is 27.3 Å². The van der Waals surface area contributed by atoms with Crippen molar-refractivity contribution < 1.29 is 14.1 Å². The number of aromatic nitrogens is 4. The topological polar surface area (TPSA) is 134 Å². The highest BCUT2D eigenvalue weighted by molar-refractivity contribution is 5.91. The van der Waals surface area contributed by atoms with Crippen molar-refractivity contribution in [1.29, 1.82) is 0 Å². The number of benzene rings is 1. The van der Waals surface area contributed by atoms with Gasteiger partial charge >= 0.3 is 11.4 Å². The number of hydrogen-bond donors (Lipinski definition) is 1. The molecular weight excluding hydrogens is 363 g/mol. The highest BCUT2D eigenvalue weighted by Crippen LogP contribution is 2.21. The van der Waals surface area contributed by atoms with Crippen LogP contribution >= 0.6 is 0 Å². The van der Waals surface area contributed by atoms with Crippen molar-refractivity contribution in [2.45, 2.75) is 6.54 Å². The molecule has 1 aromatic carbocycles. The van der Waals surface area contributed by atoms with Crippen molar-refractivity contribution in [1.82, 2.24) is 18.7 Å². The normalized spacial score (nSPS) is 10.9. The SMILES string of the molecule is Cn1cnc2c1c(=O)n(CC(=O)Nc1ccc(F)c([N+](=O)[O-])c1)c(=O)n2C. The number of carbonyl (C=O) groups is 1. The zero-order chi connectivity index (χ0) is 19.9. The summed E-state index contributed by atoms with van der Waals surface area (Å²) in [5.74, 6) is -1.83. The fourth-order valence-corrected chi connectivity index (χ4v) is 2.61. The average molecular weight is 376 g/mol. The first kappa shape index (κ1) is 18.0. The minimum absolute atomic E-state index is 0.0421. The third kappa shape index (κ3) is 3.07. The second kappa shape index (κ2) is 6.48. The Balaban J connectivity index is 1.95. The van der Waals surface area contributed by atoms with E-state index in [1.807, 2.05) is 0 Å². The highest BCUT2D eigenvalue weighted by Gasteiger charge is 2.18. The van der Waals surface area contributed by atoms with Crippen LogP contribution in [-0.4, -0.2) is 29.5 Å². The molecule has 0 fully saturated rings. The zero-order valence-corrected chi connectivity index (χ0v) is 14.2. The lowest BCUT2D eigenvalue weighted by molar-refractivity contribution is -0.387.